The monoisotopic (exact) mass is 521 g/mol. The number of nitrogens with two attached hydrogens (primary N) is 1. The van der Waals surface area contributed by atoms with Gasteiger partial charge in [0.05, 0.1) is 17.9 Å². The number of nitrogens with zero attached hydrogens (tertiary/aromatic N) is 1. The van der Waals surface area contributed by atoms with Crippen LogP contribution in [0.1, 0.15) is 37.7 Å². The van der Waals surface area contributed by atoms with Gasteiger partial charge < -0.3 is 11.1 Å². The Balaban J connectivity index is 1.29. The largest absolute Gasteiger partial charge is 0.369 e. The molecule has 3 aliphatic carbocycles. The molecule has 4 atom stereocenters. The van der Waals surface area contributed by atoms with E-state index in [-0.39, 0.29) is 36.1 Å². The number of unbranched alkanes of at least 4 members (excludes halogenated alkanes) is 1. The molecule has 2 bridgehead atoms. The molecule has 0 aromatic heterocycles. The third-order valence-corrected chi connectivity index (χ3v) is 8.95. The first-order valence-corrected chi connectivity index (χ1v) is 12.6. The van der Waals surface area contributed by atoms with Crippen molar-refractivity contribution in [3.05, 3.63) is 46.5 Å². The second kappa shape index (κ2) is 8.15. The average Bonchev–Trinajstić information content (AvgIpc) is 3.31. The third-order valence-electron chi connectivity index (χ3n) is 8.42. The number of primary amides is 1. The number of carbonyl (C=O) groups is 2. The molecule has 3 fully saturated rings. The van der Waals surface area contributed by atoms with Crippen molar-refractivity contribution in [2.24, 2.45) is 28.9 Å². The van der Waals surface area contributed by atoms with Gasteiger partial charge in [-0.25, -0.2) is 8.78 Å². The number of hydrogen-bond acceptors (Lipinski definition) is 3. The molecule has 3 N–H and O–H groups in total. The van der Waals surface area contributed by atoms with Gasteiger partial charge in [0.25, 0.3) is 5.92 Å². The summed E-state index contributed by atoms with van der Waals surface area (Å²) in [6, 6.07) is 7.61. The highest BCUT2D eigenvalue weighted by atomic mass is 79.9. The number of nitrogens with one attached hydrogen (secondary N) is 1. The summed E-state index contributed by atoms with van der Waals surface area (Å²) in [7, 11) is 0. The van der Waals surface area contributed by atoms with Crippen LogP contribution in [0.4, 0.5) is 8.78 Å². The molecular formula is C25H30BrF2N3O2. The Kier molecular flexibility index (Phi) is 5.67. The second-order valence-corrected chi connectivity index (χ2v) is 11.1. The summed E-state index contributed by atoms with van der Waals surface area (Å²) in [5.41, 5.74) is 5.82. The lowest BCUT2D eigenvalue weighted by Gasteiger charge is -2.39. The third kappa shape index (κ3) is 3.64. The van der Waals surface area contributed by atoms with Crippen LogP contribution in [0.25, 0.3) is 0 Å². The smallest absolute Gasteiger partial charge is 0.261 e. The Hall–Kier alpha value is -1.80. The van der Waals surface area contributed by atoms with Crippen LogP contribution < -0.4 is 11.1 Å². The Morgan fingerprint density at radius 1 is 1.12 bits per heavy atom. The lowest BCUT2D eigenvalue weighted by Crippen LogP contribution is -2.55. The van der Waals surface area contributed by atoms with Gasteiger partial charge >= 0.3 is 0 Å². The number of allylic oxidation sites excluding steroid dienone is 2. The normalized spacial score (nSPS) is 33.0. The first-order chi connectivity index (χ1) is 15.7. The van der Waals surface area contributed by atoms with Crippen LogP contribution in [0.2, 0.25) is 0 Å². The van der Waals surface area contributed by atoms with Crippen molar-refractivity contribution in [1.82, 2.24) is 10.2 Å². The predicted octanol–water partition coefficient (Wildman–Crippen LogP) is 3.62. The summed E-state index contributed by atoms with van der Waals surface area (Å²) in [4.78, 5) is 28.5. The van der Waals surface area contributed by atoms with E-state index in [1.54, 1.807) is 4.90 Å². The molecule has 1 saturated heterocycles. The van der Waals surface area contributed by atoms with Gasteiger partial charge in [0.1, 0.15) is 0 Å². The zero-order valence-corrected chi connectivity index (χ0v) is 20.1. The van der Waals surface area contributed by atoms with Crippen LogP contribution in [0.15, 0.2) is 40.9 Å². The quantitative estimate of drug-likeness (QED) is 0.405. The van der Waals surface area contributed by atoms with E-state index in [4.69, 9.17) is 5.73 Å². The Bertz CT molecular complexity index is 978. The number of benzene rings is 1. The molecule has 5 rings (SSSR count). The zero-order chi connectivity index (χ0) is 23.4. The van der Waals surface area contributed by atoms with Crippen molar-refractivity contribution in [2.75, 3.05) is 26.2 Å². The van der Waals surface area contributed by atoms with Crippen molar-refractivity contribution in [3.63, 3.8) is 0 Å². The molecule has 0 unspecified atom stereocenters. The Labute approximate surface area is 201 Å². The van der Waals surface area contributed by atoms with Crippen molar-refractivity contribution >= 4 is 27.7 Å². The van der Waals surface area contributed by atoms with E-state index in [0.717, 1.165) is 29.3 Å². The topological polar surface area (TPSA) is 75.4 Å². The van der Waals surface area contributed by atoms with E-state index in [1.165, 1.54) is 0 Å². The molecule has 1 aliphatic heterocycles. The van der Waals surface area contributed by atoms with E-state index >= 15 is 0 Å². The van der Waals surface area contributed by atoms with Gasteiger partial charge in [-0.1, -0.05) is 40.2 Å². The van der Waals surface area contributed by atoms with Crippen LogP contribution in [0, 0.1) is 23.2 Å². The minimum atomic E-state index is -2.58. The fourth-order valence-corrected chi connectivity index (χ4v) is 7.08. The van der Waals surface area contributed by atoms with Crippen LogP contribution in [-0.4, -0.2) is 48.8 Å². The maximum absolute atomic E-state index is 13.5. The number of amides is 2. The SMILES string of the molecule is NC(=O)[C@@]1(c2ccc(Br)cc2)[C@H](C(=O)NCCCCN2CCC(F)(F)C2)[C@H]2C=C[C@H]1C21CC1. The van der Waals surface area contributed by atoms with Gasteiger partial charge in [-0.3, -0.25) is 14.5 Å². The van der Waals surface area contributed by atoms with Crippen LogP contribution in [0.5, 0.6) is 0 Å². The van der Waals surface area contributed by atoms with Crippen molar-refractivity contribution < 1.29 is 18.4 Å². The minimum absolute atomic E-state index is 0.00507. The number of likely N-dealkylation sites (tertiary alicyclic amines) is 1. The van der Waals surface area contributed by atoms with Crippen LogP contribution in [0.3, 0.4) is 0 Å². The summed E-state index contributed by atoms with van der Waals surface area (Å²) in [6.45, 7) is 1.32. The molecule has 1 aromatic rings. The second-order valence-electron chi connectivity index (χ2n) is 10.2. The highest BCUT2D eigenvalue weighted by Crippen LogP contribution is 2.75. The molecule has 8 heteroatoms. The summed E-state index contributed by atoms with van der Waals surface area (Å²) in [5.74, 6) is -3.75. The van der Waals surface area contributed by atoms with Crippen molar-refractivity contribution in [3.8, 4) is 0 Å². The van der Waals surface area contributed by atoms with Crippen LogP contribution >= 0.6 is 15.9 Å². The lowest BCUT2D eigenvalue weighted by molar-refractivity contribution is -0.136. The fourth-order valence-electron chi connectivity index (χ4n) is 6.82. The van der Waals surface area contributed by atoms with Gasteiger partial charge in [-0.2, -0.15) is 0 Å². The molecule has 4 aliphatic rings. The summed E-state index contributed by atoms with van der Waals surface area (Å²) in [6.07, 6.45) is 7.61. The summed E-state index contributed by atoms with van der Waals surface area (Å²) in [5, 5.41) is 3.05. The Morgan fingerprint density at radius 3 is 2.45 bits per heavy atom. The van der Waals surface area contributed by atoms with E-state index < -0.39 is 23.2 Å². The van der Waals surface area contributed by atoms with Gasteiger partial charge in [0.2, 0.25) is 11.8 Å². The lowest BCUT2D eigenvalue weighted by atomic mass is 9.63. The van der Waals surface area contributed by atoms with Crippen molar-refractivity contribution in [2.45, 2.75) is 43.4 Å². The number of hydrogen-bond donors (Lipinski definition) is 2. The molecule has 2 saturated carbocycles. The maximum atomic E-state index is 13.5. The summed E-state index contributed by atoms with van der Waals surface area (Å²) >= 11 is 3.45. The van der Waals surface area contributed by atoms with Gasteiger partial charge in [-0.15, -0.1) is 0 Å². The Morgan fingerprint density at radius 2 is 1.85 bits per heavy atom. The number of carbonyl (C=O) groups excluding carboxylic acids is 2. The molecule has 2 amide bonds. The van der Waals surface area contributed by atoms with E-state index in [1.807, 2.05) is 24.3 Å². The molecule has 5 nitrogen and oxygen atoms in total. The van der Waals surface area contributed by atoms with E-state index in [0.29, 0.717) is 26.1 Å². The van der Waals surface area contributed by atoms with Crippen molar-refractivity contribution in [1.29, 1.82) is 0 Å². The number of halogens is 3. The molecule has 33 heavy (non-hydrogen) atoms. The zero-order valence-electron chi connectivity index (χ0n) is 18.5. The minimum Gasteiger partial charge on any atom is -0.369 e. The average molecular weight is 522 g/mol. The van der Waals surface area contributed by atoms with Crippen LogP contribution in [-0.2, 0) is 15.0 Å². The number of rotatable bonds is 8. The highest BCUT2D eigenvalue weighted by Gasteiger charge is 2.76. The van der Waals surface area contributed by atoms with Gasteiger partial charge in [-0.05, 0) is 61.3 Å². The summed E-state index contributed by atoms with van der Waals surface area (Å²) < 4.78 is 27.6. The number of alkyl halides is 2. The first-order valence-electron chi connectivity index (χ1n) is 11.8. The standard InChI is InChI=1S/C25H30BrF2N3O2/c26-17-5-3-16(4-6-17)25(22(29)33)19-8-7-18(23(19)9-10-23)20(25)21(32)30-12-1-2-13-31-14-11-24(27,28)15-31/h3-8,18-20H,1-2,9-15H2,(H2,29,33)(H,30,32)/t18-,19+,20+,25-/m1/s1. The van der Waals surface area contributed by atoms with Gasteiger partial charge in [0, 0.05) is 29.9 Å². The first kappa shape index (κ1) is 23.0. The molecule has 1 spiro atoms. The molecule has 0 radical (unpaired) electrons. The molecule has 1 aromatic carbocycles. The molecule has 1 heterocycles. The van der Waals surface area contributed by atoms with E-state index in [9.17, 15) is 18.4 Å². The maximum Gasteiger partial charge on any atom is 0.261 e. The molecular weight excluding hydrogens is 492 g/mol. The van der Waals surface area contributed by atoms with Gasteiger partial charge in [0.15, 0.2) is 0 Å². The highest BCUT2D eigenvalue weighted by molar-refractivity contribution is 9.10. The fraction of sp³-hybridized carbons (Fsp3) is 0.600. The molecule has 178 valence electrons. The van der Waals surface area contributed by atoms with E-state index in [2.05, 4.69) is 33.4 Å². The predicted molar refractivity (Wildman–Crippen MR) is 125 cm³/mol.